The normalized spacial score (nSPS) is 18.3. The third-order valence-electron chi connectivity index (χ3n) is 3.07. The maximum Gasteiger partial charge on any atom is 0.171 e. The lowest BCUT2D eigenvalue weighted by Gasteiger charge is -2.26. The smallest absolute Gasteiger partial charge is 0.171 e. The molecule has 1 aliphatic rings. The summed E-state index contributed by atoms with van der Waals surface area (Å²) in [6, 6.07) is 5.65. The molecule has 1 heterocycles. The van der Waals surface area contributed by atoms with Gasteiger partial charge in [-0.1, -0.05) is 0 Å². The van der Waals surface area contributed by atoms with E-state index in [2.05, 4.69) is 5.32 Å². The van der Waals surface area contributed by atoms with E-state index < -0.39 is 0 Å². The molecule has 1 fully saturated rings. The molecule has 19 heavy (non-hydrogen) atoms. The fraction of sp³-hybridized carbons (Fsp3) is 0.462. The Kier molecular flexibility index (Phi) is 4.44. The van der Waals surface area contributed by atoms with Gasteiger partial charge in [0.05, 0.1) is 20.8 Å². The van der Waals surface area contributed by atoms with Crippen LogP contribution >= 0.6 is 12.2 Å². The van der Waals surface area contributed by atoms with E-state index in [0.717, 1.165) is 23.6 Å². The topological polar surface area (TPSA) is 43.0 Å². The highest BCUT2D eigenvalue weighted by molar-refractivity contribution is 7.80. The number of hydrogen-bond acceptors (Lipinski definition) is 4. The summed E-state index contributed by atoms with van der Waals surface area (Å²) >= 11 is 5.30. The predicted octanol–water partition coefficient (Wildman–Crippen LogP) is 1.54. The van der Waals surface area contributed by atoms with Crippen LogP contribution in [0.1, 0.15) is 11.8 Å². The summed E-state index contributed by atoms with van der Waals surface area (Å²) in [6.45, 7) is 1.39. The predicted molar refractivity (Wildman–Crippen MR) is 76.6 cm³/mol. The van der Waals surface area contributed by atoms with Gasteiger partial charge in [-0.15, -0.1) is 0 Å². The lowest BCUT2D eigenvalue weighted by Crippen LogP contribution is -2.37. The summed E-state index contributed by atoms with van der Waals surface area (Å²) in [4.78, 5) is 1.99. The molecule has 1 aromatic rings. The van der Waals surface area contributed by atoms with Crippen LogP contribution in [0.4, 0.5) is 0 Å². The molecular weight excluding hydrogens is 264 g/mol. The summed E-state index contributed by atoms with van der Waals surface area (Å²) in [7, 11) is 5.08. The summed E-state index contributed by atoms with van der Waals surface area (Å²) in [5, 5.41) is 3.64. The summed E-state index contributed by atoms with van der Waals surface area (Å²) in [5.41, 5.74) is 0.914. The first kappa shape index (κ1) is 13.9. The van der Waals surface area contributed by atoms with Gasteiger partial charge in [-0.3, -0.25) is 0 Å². The maximum atomic E-state index is 5.78. The maximum absolute atomic E-state index is 5.78. The molecule has 1 aliphatic heterocycles. The average Bonchev–Trinajstić information content (AvgIpc) is 2.94. The van der Waals surface area contributed by atoms with Crippen LogP contribution in [0.15, 0.2) is 18.2 Å². The van der Waals surface area contributed by atoms with Gasteiger partial charge in [-0.2, -0.15) is 0 Å². The molecule has 0 spiro atoms. The van der Waals surface area contributed by atoms with Crippen molar-refractivity contribution in [3.63, 3.8) is 0 Å². The highest BCUT2D eigenvalue weighted by Crippen LogP contribution is 2.35. The molecule has 1 N–H and O–H groups in total. The van der Waals surface area contributed by atoms with Gasteiger partial charge in [0.15, 0.2) is 11.3 Å². The molecule has 0 amide bonds. The van der Waals surface area contributed by atoms with E-state index in [-0.39, 0.29) is 6.23 Å². The van der Waals surface area contributed by atoms with Gasteiger partial charge in [-0.25, -0.2) is 0 Å². The zero-order chi connectivity index (χ0) is 13.8. The molecule has 2 rings (SSSR count). The van der Waals surface area contributed by atoms with E-state index in [9.17, 15) is 0 Å². The zero-order valence-electron chi connectivity index (χ0n) is 11.3. The van der Waals surface area contributed by atoms with E-state index in [1.54, 1.807) is 21.3 Å². The van der Waals surface area contributed by atoms with Crippen LogP contribution in [0.5, 0.6) is 11.5 Å². The quantitative estimate of drug-likeness (QED) is 0.848. The Morgan fingerprint density at radius 1 is 1.42 bits per heavy atom. The lowest BCUT2D eigenvalue weighted by atomic mass is 10.1. The molecule has 6 heteroatoms. The fourth-order valence-corrected chi connectivity index (χ4v) is 2.30. The monoisotopic (exact) mass is 282 g/mol. The van der Waals surface area contributed by atoms with E-state index >= 15 is 0 Å². The number of methoxy groups -OCH3 is 2. The number of hydrogen-bond donors (Lipinski definition) is 1. The van der Waals surface area contributed by atoms with E-state index in [1.807, 2.05) is 23.1 Å². The summed E-state index contributed by atoms with van der Waals surface area (Å²) in [5.74, 6) is 1.53. The molecule has 1 saturated heterocycles. The van der Waals surface area contributed by atoms with Crippen LogP contribution in [-0.2, 0) is 4.74 Å². The van der Waals surface area contributed by atoms with Gasteiger partial charge >= 0.3 is 0 Å². The van der Waals surface area contributed by atoms with Crippen LogP contribution < -0.4 is 14.8 Å². The molecule has 0 saturated carbocycles. The first-order chi connectivity index (χ1) is 9.21. The van der Waals surface area contributed by atoms with Crippen molar-refractivity contribution in [1.29, 1.82) is 0 Å². The Labute approximate surface area is 118 Å². The second-order valence-corrected chi connectivity index (χ2v) is 4.47. The van der Waals surface area contributed by atoms with Crippen molar-refractivity contribution in [3.05, 3.63) is 23.8 Å². The Hall–Kier alpha value is -1.53. The van der Waals surface area contributed by atoms with Crippen molar-refractivity contribution in [2.45, 2.75) is 6.23 Å². The Morgan fingerprint density at radius 2 is 2.21 bits per heavy atom. The van der Waals surface area contributed by atoms with Crippen LogP contribution in [0.2, 0.25) is 0 Å². The summed E-state index contributed by atoms with van der Waals surface area (Å²) < 4.78 is 16.4. The minimum Gasteiger partial charge on any atom is -0.497 e. The first-order valence-electron chi connectivity index (χ1n) is 6.03. The molecule has 5 nitrogen and oxygen atoms in total. The Balaban J connectivity index is 2.36. The molecule has 0 bridgehead atoms. The van der Waals surface area contributed by atoms with E-state index in [0.29, 0.717) is 11.7 Å². The third kappa shape index (κ3) is 2.74. The third-order valence-corrected chi connectivity index (χ3v) is 3.51. The second-order valence-electron chi connectivity index (χ2n) is 4.08. The largest absolute Gasteiger partial charge is 0.497 e. The van der Waals surface area contributed by atoms with Gasteiger partial charge < -0.3 is 24.4 Å². The number of thiocarbonyl (C=S) groups is 1. The lowest BCUT2D eigenvalue weighted by molar-refractivity contribution is 0.0607. The summed E-state index contributed by atoms with van der Waals surface area (Å²) in [6.07, 6.45) is -0.245. The SMILES string of the molecule is CNC(=S)N1CCOC1c1cc(OC)ccc1OC. The number of rotatable bonds is 3. The van der Waals surface area contributed by atoms with Crippen molar-refractivity contribution in [3.8, 4) is 11.5 Å². The molecule has 1 unspecified atom stereocenters. The highest BCUT2D eigenvalue weighted by atomic mass is 32.1. The first-order valence-corrected chi connectivity index (χ1v) is 6.44. The van der Waals surface area contributed by atoms with Gasteiger partial charge in [-0.05, 0) is 30.4 Å². The standard InChI is InChI=1S/C13H18N2O3S/c1-14-13(19)15-6-7-18-12(15)10-8-9(16-2)4-5-11(10)17-3/h4-5,8,12H,6-7H2,1-3H3,(H,14,19). The molecular formula is C13H18N2O3S. The minimum atomic E-state index is -0.245. The fourth-order valence-electron chi connectivity index (χ4n) is 2.11. The van der Waals surface area contributed by atoms with Crippen LogP contribution in [-0.4, -0.2) is 44.4 Å². The van der Waals surface area contributed by atoms with Gasteiger partial charge in [0.2, 0.25) is 0 Å². The van der Waals surface area contributed by atoms with E-state index in [1.165, 1.54) is 0 Å². The van der Waals surface area contributed by atoms with Gasteiger partial charge in [0.1, 0.15) is 11.5 Å². The number of nitrogens with zero attached hydrogens (tertiary/aromatic N) is 1. The van der Waals surface area contributed by atoms with Crippen LogP contribution in [0.3, 0.4) is 0 Å². The second kappa shape index (κ2) is 6.08. The van der Waals surface area contributed by atoms with E-state index in [4.69, 9.17) is 26.4 Å². The molecule has 104 valence electrons. The number of benzene rings is 1. The average molecular weight is 282 g/mol. The Morgan fingerprint density at radius 3 is 2.84 bits per heavy atom. The highest BCUT2D eigenvalue weighted by Gasteiger charge is 2.31. The molecule has 0 radical (unpaired) electrons. The molecule has 1 atom stereocenters. The molecule has 0 aromatic heterocycles. The van der Waals surface area contributed by atoms with Crippen molar-refractivity contribution in [1.82, 2.24) is 10.2 Å². The van der Waals surface area contributed by atoms with Gasteiger partial charge in [0.25, 0.3) is 0 Å². The number of nitrogens with one attached hydrogen (secondary N) is 1. The molecule has 1 aromatic carbocycles. The van der Waals surface area contributed by atoms with Crippen molar-refractivity contribution in [2.75, 3.05) is 34.4 Å². The minimum absolute atomic E-state index is 0.245. The van der Waals surface area contributed by atoms with Gasteiger partial charge in [0, 0.05) is 19.2 Å². The zero-order valence-corrected chi connectivity index (χ0v) is 12.1. The number of ether oxygens (including phenoxy) is 3. The van der Waals surface area contributed by atoms with Crippen molar-refractivity contribution in [2.24, 2.45) is 0 Å². The molecule has 0 aliphatic carbocycles. The van der Waals surface area contributed by atoms with Crippen molar-refractivity contribution < 1.29 is 14.2 Å². The van der Waals surface area contributed by atoms with Crippen LogP contribution in [0.25, 0.3) is 0 Å². The van der Waals surface area contributed by atoms with Crippen LogP contribution in [0, 0.1) is 0 Å². The van der Waals surface area contributed by atoms with Crippen molar-refractivity contribution >= 4 is 17.3 Å². The Bertz CT molecular complexity index is 467.